The number of alkyl halides is 3. The van der Waals surface area contributed by atoms with Crippen LogP contribution < -0.4 is 10.2 Å². The van der Waals surface area contributed by atoms with E-state index in [4.69, 9.17) is 4.42 Å². The van der Waals surface area contributed by atoms with Crippen molar-refractivity contribution >= 4 is 17.3 Å². The van der Waals surface area contributed by atoms with Gasteiger partial charge in [-0.25, -0.2) is 4.98 Å². The van der Waals surface area contributed by atoms with Crippen LogP contribution in [-0.4, -0.2) is 49.0 Å². The molecule has 9 heteroatoms. The predicted octanol–water partition coefficient (Wildman–Crippen LogP) is 4.36. The van der Waals surface area contributed by atoms with Gasteiger partial charge in [-0.15, -0.1) is 0 Å². The second kappa shape index (κ2) is 8.43. The number of piperazine rings is 1. The number of oxazole rings is 1. The summed E-state index contributed by atoms with van der Waals surface area (Å²) in [5.74, 6) is -0.390. The summed E-state index contributed by atoms with van der Waals surface area (Å²) in [7, 11) is 2.10. The molecule has 1 aliphatic rings. The minimum absolute atomic E-state index is 0.0399. The summed E-state index contributed by atoms with van der Waals surface area (Å²) in [6, 6.07) is 12.0. The number of carbonyl (C=O) groups excluding carboxylic acids is 1. The molecule has 1 fully saturated rings. The van der Waals surface area contributed by atoms with Crippen molar-refractivity contribution in [1.29, 1.82) is 0 Å². The van der Waals surface area contributed by atoms with Gasteiger partial charge in [-0.05, 0) is 55.6 Å². The number of aromatic nitrogens is 1. The first-order chi connectivity index (χ1) is 14.8. The Hall–Kier alpha value is -3.33. The standard InChI is InChI=1S/C22H21F3N4O2/c1-28-10-12-29(13-11-28)18-8-6-17(7-9-18)26-20(30)19-14-31-21(27-19)15-2-4-16(5-3-15)22(23,24)25/h2-9,14H,10-13H2,1H3,(H,26,30). The van der Waals surface area contributed by atoms with Crippen molar-refractivity contribution in [2.24, 2.45) is 0 Å². The van der Waals surface area contributed by atoms with Crippen molar-refractivity contribution in [2.45, 2.75) is 6.18 Å². The van der Waals surface area contributed by atoms with Gasteiger partial charge in [-0.1, -0.05) is 0 Å². The molecule has 6 nitrogen and oxygen atoms in total. The van der Waals surface area contributed by atoms with Gasteiger partial charge >= 0.3 is 6.18 Å². The number of likely N-dealkylation sites (N-methyl/N-ethyl adjacent to an activating group) is 1. The summed E-state index contributed by atoms with van der Waals surface area (Å²) < 4.78 is 43.3. The number of nitrogens with one attached hydrogen (secondary N) is 1. The topological polar surface area (TPSA) is 61.6 Å². The molecule has 0 radical (unpaired) electrons. The molecule has 0 unspecified atom stereocenters. The zero-order chi connectivity index (χ0) is 22.0. The molecule has 162 valence electrons. The SMILES string of the molecule is CN1CCN(c2ccc(NC(=O)c3coc(-c4ccc(C(F)(F)F)cc4)n3)cc2)CC1. The van der Waals surface area contributed by atoms with E-state index in [-0.39, 0.29) is 11.6 Å². The first kappa shape index (κ1) is 20.9. The lowest BCUT2D eigenvalue weighted by Gasteiger charge is -2.34. The summed E-state index contributed by atoms with van der Waals surface area (Å²) in [4.78, 5) is 21.1. The Balaban J connectivity index is 1.40. The van der Waals surface area contributed by atoms with Crippen LogP contribution in [0.1, 0.15) is 16.1 Å². The van der Waals surface area contributed by atoms with Crippen molar-refractivity contribution < 1.29 is 22.4 Å². The summed E-state index contributed by atoms with van der Waals surface area (Å²) in [5.41, 5.74) is 1.33. The van der Waals surface area contributed by atoms with Gasteiger partial charge in [0.25, 0.3) is 5.91 Å². The van der Waals surface area contributed by atoms with Crippen LogP contribution in [0.5, 0.6) is 0 Å². The molecule has 1 aromatic heterocycles. The fourth-order valence-electron chi connectivity index (χ4n) is 3.33. The van der Waals surface area contributed by atoms with Gasteiger partial charge in [0.1, 0.15) is 6.26 Å². The number of nitrogens with zero attached hydrogens (tertiary/aromatic N) is 3. The van der Waals surface area contributed by atoms with Crippen LogP contribution in [0.2, 0.25) is 0 Å². The lowest BCUT2D eigenvalue weighted by molar-refractivity contribution is -0.137. The van der Waals surface area contributed by atoms with Gasteiger partial charge < -0.3 is 19.5 Å². The number of hydrogen-bond acceptors (Lipinski definition) is 5. The highest BCUT2D eigenvalue weighted by Crippen LogP contribution is 2.31. The maximum atomic E-state index is 12.7. The third-order valence-corrected chi connectivity index (χ3v) is 5.19. The number of carbonyl (C=O) groups is 1. The van der Waals surface area contributed by atoms with Gasteiger partial charge in [0.05, 0.1) is 5.56 Å². The minimum atomic E-state index is -4.42. The summed E-state index contributed by atoms with van der Waals surface area (Å²) in [5, 5.41) is 2.75. The van der Waals surface area contributed by atoms with Gasteiger partial charge in [0, 0.05) is 43.1 Å². The maximum Gasteiger partial charge on any atom is 0.416 e. The van der Waals surface area contributed by atoms with E-state index < -0.39 is 17.6 Å². The molecule has 31 heavy (non-hydrogen) atoms. The van der Waals surface area contributed by atoms with Crippen molar-refractivity contribution in [2.75, 3.05) is 43.4 Å². The van der Waals surface area contributed by atoms with E-state index in [2.05, 4.69) is 27.1 Å². The summed E-state index contributed by atoms with van der Waals surface area (Å²) >= 11 is 0. The van der Waals surface area contributed by atoms with Crippen molar-refractivity contribution in [3.63, 3.8) is 0 Å². The Kier molecular flexibility index (Phi) is 5.69. The third kappa shape index (κ3) is 4.88. The minimum Gasteiger partial charge on any atom is -0.444 e. The molecule has 0 saturated carbocycles. The van der Waals surface area contributed by atoms with Crippen LogP contribution >= 0.6 is 0 Å². The first-order valence-corrected chi connectivity index (χ1v) is 9.78. The number of rotatable bonds is 4. The molecule has 1 saturated heterocycles. The maximum absolute atomic E-state index is 12.7. The molecule has 4 rings (SSSR count). The van der Waals surface area contributed by atoms with Crippen LogP contribution in [0.25, 0.3) is 11.5 Å². The predicted molar refractivity (Wildman–Crippen MR) is 111 cm³/mol. The smallest absolute Gasteiger partial charge is 0.416 e. The van der Waals surface area contributed by atoms with E-state index in [9.17, 15) is 18.0 Å². The zero-order valence-corrected chi connectivity index (χ0v) is 16.8. The van der Waals surface area contributed by atoms with Crippen LogP contribution in [0.4, 0.5) is 24.5 Å². The second-order valence-electron chi connectivity index (χ2n) is 7.40. The molecule has 0 bridgehead atoms. The van der Waals surface area contributed by atoms with E-state index in [0.717, 1.165) is 44.0 Å². The largest absolute Gasteiger partial charge is 0.444 e. The average Bonchev–Trinajstić information content (AvgIpc) is 3.25. The van der Waals surface area contributed by atoms with Crippen LogP contribution in [0.15, 0.2) is 59.2 Å². The van der Waals surface area contributed by atoms with E-state index in [1.807, 2.05) is 24.3 Å². The Labute approximate surface area is 177 Å². The van der Waals surface area contributed by atoms with E-state index >= 15 is 0 Å². The highest BCUT2D eigenvalue weighted by atomic mass is 19.4. The summed E-state index contributed by atoms with van der Waals surface area (Å²) in [6.45, 7) is 3.92. The van der Waals surface area contributed by atoms with Gasteiger partial charge in [-0.2, -0.15) is 13.2 Å². The first-order valence-electron chi connectivity index (χ1n) is 9.78. The number of amides is 1. The van der Waals surface area contributed by atoms with Crippen molar-refractivity contribution in [3.8, 4) is 11.5 Å². The van der Waals surface area contributed by atoms with E-state index in [1.165, 1.54) is 18.4 Å². The van der Waals surface area contributed by atoms with Gasteiger partial charge in [-0.3, -0.25) is 4.79 Å². The molecule has 1 N–H and O–H groups in total. The van der Waals surface area contributed by atoms with E-state index in [0.29, 0.717) is 11.3 Å². The molecule has 2 heterocycles. The number of halogens is 3. The Morgan fingerprint density at radius 3 is 2.26 bits per heavy atom. The number of anilines is 2. The van der Waals surface area contributed by atoms with E-state index in [1.54, 1.807) is 0 Å². The molecule has 0 atom stereocenters. The molecule has 1 aliphatic heterocycles. The molecule has 0 spiro atoms. The molecular formula is C22H21F3N4O2. The lowest BCUT2D eigenvalue weighted by atomic mass is 10.1. The highest BCUT2D eigenvalue weighted by molar-refractivity contribution is 6.03. The molecule has 0 aliphatic carbocycles. The van der Waals surface area contributed by atoms with Crippen LogP contribution in [-0.2, 0) is 6.18 Å². The number of hydrogen-bond donors (Lipinski definition) is 1. The molecule has 1 amide bonds. The van der Waals surface area contributed by atoms with Crippen molar-refractivity contribution in [1.82, 2.24) is 9.88 Å². The van der Waals surface area contributed by atoms with Gasteiger partial charge in [0.2, 0.25) is 5.89 Å². The molecule has 3 aromatic rings. The third-order valence-electron chi connectivity index (χ3n) is 5.19. The Bertz CT molecular complexity index is 1040. The van der Waals surface area contributed by atoms with Crippen molar-refractivity contribution in [3.05, 3.63) is 66.1 Å². The fourth-order valence-corrected chi connectivity index (χ4v) is 3.33. The Morgan fingerprint density at radius 2 is 1.65 bits per heavy atom. The zero-order valence-electron chi connectivity index (χ0n) is 16.8. The van der Waals surface area contributed by atoms with Gasteiger partial charge in [0.15, 0.2) is 5.69 Å². The Morgan fingerprint density at radius 1 is 1.00 bits per heavy atom. The molecule has 2 aromatic carbocycles. The van der Waals surface area contributed by atoms with Crippen LogP contribution in [0, 0.1) is 0 Å². The van der Waals surface area contributed by atoms with Crippen LogP contribution in [0.3, 0.4) is 0 Å². The normalized spacial score (nSPS) is 15.2. The fraction of sp³-hybridized carbons (Fsp3) is 0.273. The quantitative estimate of drug-likeness (QED) is 0.666. The highest BCUT2D eigenvalue weighted by Gasteiger charge is 2.30. The number of benzene rings is 2. The average molecular weight is 430 g/mol. The monoisotopic (exact) mass is 430 g/mol. The second-order valence-corrected chi connectivity index (χ2v) is 7.40. The molecular weight excluding hydrogens is 409 g/mol. The lowest BCUT2D eigenvalue weighted by Crippen LogP contribution is -2.44. The summed E-state index contributed by atoms with van der Waals surface area (Å²) in [6.07, 6.45) is -3.24.